The number of piperazine rings is 1. The Kier molecular flexibility index (Phi) is 4.61. The van der Waals surface area contributed by atoms with E-state index < -0.39 is 17.5 Å². The van der Waals surface area contributed by atoms with Crippen LogP contribution in [0.3, 0.4) is 0 Å². The van der Waals surface area contributed by atoms with Crippen molar-refractivity contribution in [3.63, 3.8) is 0 Å². The Balaban J connectivity index is 1.57. The Morgan fingerprint density at radius 1 is 0.889 bits per heavy atom. The van der Waals surface area contributed by atoms with Gasteiger partial charge in [0.25, 0.3) is 0 Å². The largest absolute Gasteiger partial charge is 0.369 e. The molecule has 1 N–H and O–H groups in total. The van der Waals surface area contributed by atoms with Gasteiger partial charge in [-0.15, -0.1) is 0 Å². The first-order chi connectivity index (χ1) is 13.0. The fourth-order valence-corrected chi connectivity index (χ4v) is 3.30. The van der Waals surface area contributed by atoms with E-state index in [2.05, 4.69) is 27.0 Å². The standard InChI is InChI=1S/C20H19F3N4/c1-26-6-8-27(9-7-26)15-4-2-13(3-5-15)18-12-19(25-24-18)20-16(22)10-14(21)11-17(20)23/h2-5,10-12H,6-9H2,1H3,(H,24,25). The Bertz CT molecular complexity index is 921. The quantitative estimate of drug-likeness (QED) is 0.757. The van der Waals surface area contributed by atoms with Crippen LogP contribution >= 0.6 is 0 Å². The maximum absolute atomic E-state index is 14.0. The lowest BCUT2D eigenvalue weighted by Gasteiger charge is -2.34. The second kappa shape index (κ2) is 7.08. The summed E-state index contributed by atoms with van der Waals surface area (Å²) >= 11 is 0. The average molecular weight is 372 g/mol. The Hall–Kier alpha value is -2.80. The smallest absolute Gasteiger partial charge is 0.138 e. The minimum absolute atomic E-state index is 0.170. The monoisotopic (exact) mass is 372 g/mol. The van der Waals surface area contributed by atoms with E-state index in [1.807, 2.05) is 24.3 Å². The molecule has 1 aromatic heterocycles. The lowest BCUT2D eigenvalue weighted by molar-refractivity contribution is 0.313. The Morgan fingerprint density at radius 2 is 1.52 bits per heavy atom. The summed E-state index contributed by atoms with van der Waals surface area (Å²) in [7, 11) is 2.11. The van der Waals surface area contributed by atoms with E-state index in [9.17, 15) is 13.2 Å². The van der Waals surface area contributed by atoms with Crippen LogP contribution in [0.4, 0.5) is 18.9 Å². The van der Waals surface area contributed by atoms with Crippen LogP contribution in [0.5, 0.6) is 0 Å². The summed E-state index contributed by atoms with van der Waals surface area (Å²) in [6.07, 6.45) is 0. The lowest BCUT2D eigenvalue weighted by Crippen LogP contribution is -2.44. The van der Waals surface area contributed by atoms with Gasteiger partial charge < -0.3 is 9.80 Å². The number of nitrogens with one attached hydrogen (secondary N) is 1. The molecule has 140 valence electrons. The molecule has 27 heavy (non-hydrogen) atoms. The van der Waals surface area contributed by atoms with Crippen molar-refractivity contribution in [3.8, 4) is 22.5 Å². The van der Waals surface area contributed by atoms with Crippen LogP contribution in [0.15, 0.2) is 42.5 Å². The van der Waals surface area contributed by atoms with E-state index in [4.69, 9.17) is 0 Å². The minimum Gasteiger partial charge on any atom is -0.369 e. The highest BCUT2D eigenvalue weighted by molar-refractivity contribution is 5.70. The Labute approximate surface area is 155 Å². The predicted octanol–water partition coefficient (Wildman–Crippen LogP) is 3.91. The number of benzene rings is 2. The average Bonchev–Trinajstić information content (AvgIpc) is 3.11. The van der Waals surface area contributed by atoms with Crippen LogP contribution in [-0.2, 0) is 0 Å². The number of anilines is 1. The number of nitrogens with zero attached hydrogens (tertiary/aromatic N) is 3. The van der Waals surface area contributed by atoms with Crippen LogP contribution in [0.2, 0.25) is 0 Å². The molecule has 1 fully saturated rings. The molecule has 0 spiro atoms. The molecule has 0 atom stereocenters. The third-order valence-electron chi connectivity index (χ3n) is 4.89. The zero-order valence-corrected chi connectivity index (χ0v) is 14.8. The summed E-state index contributed by atoms with van der Waals surface area (Å²) in [6, 6.07) is 10.8. The van der Waals surface area contributed by atoms with E-state index in [-0.39, 0.29) is 11.3 Å². The first kappa shape index (κ1) is 17.6. The van der Waals surface area contributed by atoms with Gasteiger partial charge in [0.15, 0.2) is 0 Å². The number of halogens is 3. The van der Waals surface area contributed by atoms with E-state index >= 15 is 0 Å². The highest BCUT2D eigenvalue weighted by Gasteiger charge is 2.17. The van der Waals surface area contributed by atoms with Gasteiger partial charge >= 0.3 is 0 Å². The van der Waals surface area contributed by atoms with Gasteiger partial charge in [-0.3, -0.25) is 5.10 Å². The molecular formula is C20H19F3N4. The number of H-pyrrole nitrogens is 1. The second-order valence-electron chi connectivity index (χ2n) is 6.75. The normalized spacial score (nSPS) is 15.3. The molecule has 1 aliphatic rings. The molecule has 7 heteroatoms. The van der Waals surface area contributed by atoms with Crippen molar-refractivity contribution >= 4 is 5.69 Å². The molecule has 0 aliphatic carbocycles. The van der Waals surface area contributed by atoms with Crippen molar-refractivity contribution in [3.05, 3.63) is 59.9 Å². The molecule has 0 bridgehead atoms. The number of rotatable bonds is 3. The molecule has 2 aromatic carbocycles. The summed E-state index contributed by atoms with van der Waals surface area (Å²) < 4.78 is 41.0. The van der Waals surface area contributed by atoms with Gasteiger partial charge in [0, 0.05) is 49.6 Å². The van der Waals surface area contributed by atoms with Gasteiger partial charge in [-0.1, -0.05) is 12.1 Å². The highest BCUT2D eigenvalue weighted by Crippen LogP contribution is 2.29. The fourth-order valence-electron chi connectivity index (χ4n) is 3.30. The summed E-state index contributed by atoms with van der Waals surface area (Å²) in [4.78, 5) is 4.62. The van der Waals surface area contributed by atoms with Crippen LogP contribution in [0.1, 0.15) is 0 Å². The molecule has 0 amide bonds. The molecule has 0 unspecified atom stereocenters. The van der Waals surface area contributed by atoms with Crippen LogP contribution in [0.25, 0.3) is 22.5 Å². The second-order valence-corrected chi connectivity index (χ2v) is 6.75. The van der Waals surface area contributed by atoms with Crippen LogP contribution < -0.4 is 4.90 Å². The van der Waals surface area contributed by atoms with Gasteiger partial charge in [-0.2, -0.15) is 5.10 Å². The Morgan fingerprint density at radius 3 is 2.15 bits per heavy atom. The first-order valence-corrected chi connectivity index (χ1v) is 8.75. The van der Waals surface area contributed by atoms with Crippen molar-refractivity contribution in [2.24, 2.45) is 0 Å². The topological polar surface area (TPSA) is 35.2 Å². The van der Waals surface area contributed by atoms with Crippen LogP contribution in [-0.4, -0.2) is 48.3 Å². The van der Waals surface area contributed by atoms with Gasteiger partial charge in [0.2, 0.25) is 0 Å². The maximum Gasteiger partial charge on any atom is 0.138 e. The molecule has 3 aromatic rings. The predicted molar refractivity (Wildman–Crippen MR) is 99.0 cm³/mol. The summed E-state index contributed by atoms with van der Waals surface area (Å²) in [5, 5.41) is 6.78. The SMILES string of the molecule is CN1CCN(c2ccc(-c3cc(-c4c(F)cc(F)cc4F)[nH]n3)cc2)CC1. The third kappa shape index (κ3) is 3.55. The van der Waals surface area contributed by atoms with E-state index in [1.54, 1.807) is 6.07 Å². The number of aromatic amines is 1. The molecule has 1 saturated heterocycles. The van der Waals surface area contributed by atoms with Crippen molar-refractivity contribution in [1.29, 1.82) is 0 Å². The van der Waals surface area contributed by atoms with Crippen LogP contribution in [0, 0.1) is 17.5 Å². The lowest BCUT2D eigenvalue weighted by atomic mass is 10.1. The minimum atomic E-state index is -0.965. The van der Waals surface area contributed by atoms with Gasteiger partial charge in [0.1, 0.15) is 17.5 Å². The van der Waals surface area contributed by atoms with E-state index in [1.165, 1.54) is 0 Å². The zero-order chi connectivity index (χ0) is 19.0. The fraction of sp³-hybridized carbons (Fsp3) is 0.250. The van der Waals surface area contributed by atoms with E-state index in [0.29, 0.717) is 17.8 Å². The summed E-state index contributed by atoms with van der Waals surface area (Å²) in [5.41, 5.74) is 2.39. The number of hydrogen-bond donors (Lipinski definition) is 1. The molecule has 0 radical (unpaired) electrons. The van der Waals surface area contributed by atoms with Crippen molar-refractivity contribution in [2.75, 3.05) is 38.1 Å². The molecular weight excluding hydrogens is 353 g/mol. The van der Waals surface area contributed by atoms with Crippen molar-refractivity contribution < 1.29 is 13.2 Å². The van der Waals surface area contributed by atoms with Gasteiger partial charge in [-0.05, 0) is 25.2 Å². The zero-order valence-electron chi connectivity index (χ0n) is 14.8. The third-order valence-corrected chi connectivity index (χ3v) is 4.89. The summed E-state index contributed by atoms with van der Waals surface area (Å²) in [5.74, 6) is -2.88. The van der Waals surface area contributed by atoms with Crippen molar-refractivity contribution in [1.82, 2.24) is 15.1 Å². The highest BCUT2D eigenvalue weighted by atomic mass is 19.1. The number of likely N-dealkylation sites (N-methyl/N-ethyl adjacent to an activating group) is 1. The van der Waals surface area contributed by atoms with Gasteiger partial charge in [-0.25, -0.2) is 13.2 Å². The van der Waals surface area contributed by atoms with Gasteiger partial charge in [0.05, 0.1) is 17.0 Å². The first-order valence-electron chi connectivity index (χ1n) is 8.75. The molecule has 2 heterocycles. The summed E-state index contributed by atoms with van der Waals surface area (Å²) in [6.45, 7) is 4.01. The van der Waals surface area contributed by atoms with Crippen molar-refractivity contribution in [2.45, 2.75) is 0 Å². The maximum atomic E-state index is 14.0. The van der Waals surface area contributed by atoms with E-state index in [0.717, 1.165) is 37.4 Å². The number of hydrogen-bond acceptors (Lipinski definition) is 3. The molecule has 4 rings (SSSR count). The number of aromatic nitrogens is 2. The molecule has 4 nitrogen and oxygen atoms in total. The molecule has 0 saturated carbocycles. The molecule has 1 aliphatic heterocycles.